The minimum Gasteiger partial charge on any atom is -0.451 e. The van der Waals surface area contributed by atoms with Crippen LogP contribution < -0.4 is 4.90 Å². The average Bonchev–Trinajstić information content (AvgIpc) is 3.40. The predicted octanol–water partition coefficient (Wildman–Crippen LogP) is 6.51. The zero-order chi connectivity index (χ0) is 20.7. The van der Waals surface area contributed by atoms with Crippen molar-refractivity contribution in [2.75, 3.05) is 4.90 Å². The minimum absolute atomic E-state index is 0.190. The summed E-state index contributed by atoms with van der Waals surface area (Å²) in [5.41, 5.74) is 4.96. The molecule has 0 aliphatic heterocycles. The molecule has 0 saturated carbocycles. The standard InChI is InChI=1S/C25H20N2O2S/c1-16-12-13-17(2)23-22(16)26-25(30-23)27(15-18-8-4-3-5-9-18)24(28)21-14-19-10-6-7-11-20(19)29-21/h3-14H,15H2,1-2H3. The Kier molecular flexibility index (Phi) is 4.60. The third-order valence-corrected chi connectivity index (χ3v) is 6.44. The van der Waals surface area contributed by atoms with Gasteiger partial charge in [-0.3, -0.25) is 9.69 Å². The number of amides is 1. The summed E-state index contributed by atoms with van der Waals surface area (Å²) in [6.07, 6.45) is 0. The molecule has 0 saturated heterocycles. The van der Waals surface area contributed by atoms with Crippen LogP contribution in [-0.4, -0.2) is 10.9 Å². The molecule has 5 aromatic rings. The van der Waals surface area contributed by atoms with Gasteiger partial charge in [-0.05, 0) is 42.7 Å². The zero-order valence-corrected chi connectivity index (χ0v) is 17.6. The lowest BCUT2D eigenvalue weighted by Crippen LogP contribution is -2.30. The molecular formula is C25H20N2O2S. The van der Waals surface area contributed by atoms with E-state index >= 15 is 0 Å². The number of hydrogen-bond acceptors (Lipinski definition) is 4. The van der Waals surface area contributed by atoms with Crippen LogP contribution in [0.25, 0.3) is 21.2 Å². The number of aryl methyl sites for hydroxylation is 2. The monoisotopic (exact) mass is 412 g/mol. The van der Waals surface area contributed by atoms with E-state index in [1.807, 2.05) is 61.5 Å². The fourth-order valence-corrected chi connectivity index (χ4v) is 4.69. The molecule has 0 aliphatic carbocycles. The van der Waals surface area contributed by atoms with Crippen molar-refractivity contribution in [1.29, 1.82) is 0 Å². The first kappa shape index (κ1) is 18.6. The van der Waals surface area contributed by atoms with Crippen LogP contribution in [0, 0.1) is 13.8 Å². The lowest BCUT2D eigenvalue weighted by molar-refractivity contribution is 0.0960. The molecule has 0 aliphatic rings. The van der Waals surface area contributed by atoms with Gasteiger partial charge in [-0.1, -0.05) is 72.0 Å². The molecule has 0 radical (unpaired) electrons. The first-order valence-corrected chi connectivity index (χ1v) is 10.6. The van der Waals surface area contributed by atoms with E-state index in [9.17, 15) is 4.79 Å². The van der Waals surface area contributed by atoms with Crippen LogP contribution in [0.1, 0.15) is 27.2 Å². The summed E-state index contributed by atoms with van der Waals surface area (Å²) < 4.78 is 6.99. The molecule has 0 fully saturated rings. The van der Waals surface area contributed by atoms with E-state index in [0.717, 1.165) is 32.3 Å². The second kappa shape index (κ2) is 7.43. The highest BCUT2D eigenvalue weighted by Gasteiger charge is 2.25. The van der Waals surface area contributed by atoms with E-state index < -0.39 is 0 Å². The third kappa shape index (κ3) is 3.27. The van der Waals surface area contributed by atoms with E-state index in [2.05, 4.69) is 19.1 Å². The Morgan fingerprint density at radius 2 is 1.70 bits per heavy atom. The quantitative estimate of drug-likeness (QED) is 0.338. The van der Waals surface area contributed by atoms with Crippen molar-refractivity contribution in [3.8, 4) is 0 Å². The highest BCUT2D eigenvalue weighted by Crippen LogP contribution is 2.35. The third-order valence-electron chi connectivity index (χ3n) is 5.23. The average molecular weight is 413 g/mol. The molecule has 0 bridgehead atoms. The largest absolute Gasteiger partial charge is 0.451 e. The van der Waals surface area contributed by atoms with Gasteiger partial charge in [-0.25, -0.2) is 4.98 Å². The van der Waals surface area contributed by atoms with E-state index in [1.54, 1.807) is 22.3 Å². The number of rotatable bonds is 4. The molecule has 30 heavy (non-hydrogen) atoms. The summed E-state index contributed by atoms with van der Waals surface area (Å²) in [6.45, 7) is 4.55. The molecule has 3 aromatic carbocycles. The number of carbonyl (C=O) groups is 1. The maximum Gasteiger partial charge on any atom is 0.296 e. The Hall–Kier alpha value is -3.44. The van der Waals surface area contributed by atoms with Gasteiger partial charge in [-0.2, -0.15) is 0 Å². The number of fused-ring (bicyclic) bond motifs is 2. The van der Waals surface area contributed by atoms with Gasteiger partial charge < -0.3 is 4.42 Å². The zero-order valence-electron chi connectivity index (χ0n) is 16.8. The van der Waals surface area contributed by atoms with Gasteiger partial charge in [0, 0.05) is 5.39 Å². The maximum atomic E-state index is 13.6. The lowest BCUT2D eigenvalue weighted by Gasteiger charge is -2.18. The number of hydrogen-bond donors (Lipinski definition) is 0. The van der Waals surface area contributed by atoms with E-state index in [0.29, 0.717) is 23.0 Å². The number of para-hydroxylation sites is 1. The van der Waals surface area contributed by atoms with Gasteiger partial charge in [0.2, 0.25) is 0 Å². The Balaban J connectivity index is 1.62. The summed E-state index contributed by atoms with van der Waals surface area (Å²) in [6, 6.07) is 23.6. The molecule has 2 aromatic heterocycles. The van der Waals surface area contributed by atoms with Crippen LogP contribution in [0.15, 0.2) is 77.2 Å². The number of aromatic nitrogens is 1. The summed E-state index contributed by atoms with van der Waals surface area (Å²) in [7, 11) is 0. The number of benzene rings is 3. The lowest BCUT2D eigenvalue weighted by atomic mass is 10.1. The van der Waals surface area contributed by atoms with E-state index in [1.165, 1.54) is 0 Å². The molecule has 0 unspecified atom stereocenters. The number of carbonyl (C=O) groups excluding carboxylic acids is 1. The second-order valence-electron chi connectivity index (χ2n) is 7.40. The fraction of sp³-hybridized carbons (Fsp3) is 0.120. The Morgan fingerprint density at radius 1 is 0.967 bits per heavy atom. The molecular weight excluding hydrogens is 392 g/mol. The number of anilines is 1. The summed E-state index contributed by atoms with van der Waals surface area (Å²) in [4.78, 5) is 20.1. The minimum atomic E-state index is -0.190. The van der Waals surface area contributed by atoms with Crippen LogP contribution in [0.5, 0.6) is 0 Å². The van der Waals surface area contributed by atoms with Gasteiger partial charge in [0.1, 0.15) is 5.58 Å². The smallest absolute Gasteiger partial charge is 0.296 e. The summed E-state index contributed by atoms with van der Waals surface area (Å²) in [5, 5.41) is 1.59. The van der Waals surface area contributed by atoms with Gasteiger partial charge in [0.05, 0.1) is 16.8 Å². The van der Waals surface area contributed by atoms with Crippen molar-refractivity contribution < 1.29 is 9.21 Å². The Bertz CT molecular complexity index is 1300. The Labute approximate surface area is 178 Å². The highest BCUT2D eigenvalue weighted by molar-refractivity contribution is 7.22. The van der Waals surface area contributed by atoms with Crippen LogP contribution >= 0.6 is 11.3 Å². The predicted molar refractivity (Wildman–Crippen MR) is 122 cm³/mol. The molecule has 5 heteroatoms. The summed E-state index contributed by atoms with van der Waals surface area (Å²) in [5.74, 6) is 0.129. The highest BCUT2D eigenvalue weighted by atomic mass is 32.1. The van der Waals surface area contributed by atoms with Gasteiger partial charge in [0.15, 0.2) is 10.9 Å². The van der Waals surface area contributed by atoms with Gasteiger partial charge >= 0.3 is 0 Å². The normalized spacial score (nSPS) is 11.3. The van der Waals surface area contributed by atoms with E-state index in [4.69, 9.17) is 9.40 Å². The topological polar surface area (TPSA) is 46.3 Å². The number of nitrogens with zero attached hydrogens (tertiary/aromatic N) is 2. The molecule has 4 nitrogen and oxygen atoms in total. The number of furan rings is 1. The molecule has 0 spiro atoms. The number of thiazole rings is 1. The molecule has 2 heterocycles. The van der Waals surface area contributed by atoms with Crippen LogP contribution in [-0.2, 0) is 6.54 Å². The molecule has 0 N–H and O–H groups in total. The molecule has 0 atom stereocenters. The summed E-state index contributed by atoms with van der Waals surface area (Å²) >= 11 is 1.55. The van der Waals surface area contributed by atoms with E-state index in [-0.39, 0.29) is 5.91 Å². The molecule has 5 rings (SSSR count). The maximum absolute atomic E-state index is 13.6. The van der Waals surface area contributed by atoms with Gasteiger partial charge in [0.25, 0.3) is 5.91 Å². The van der Waals surface area contributed by atoms with Crippen molar-refractivity contribution in [3.63, 3.8) is 0 Å². The van der Waals surface area contributed by atoms with Crippen molar-refractivity contribution in [3.05, 3.63) is 95.2 Å². The first-order chi connectivity index (χ1) is 14.6. The van der Waals surface area contributed by atoms with Crippen LogP contribution in [0.3, 0.4) is 0 Å². The van der Waals surface area contributed by atoms with Crippen LogP contribution in [0.2, 0.25) is 0 Å². The Morgan fingerprint density at radius 3 is 2.47 bits per heavy atom. The molecule has 1 amide bonds. The van der Waals surface area contributed by atoms with Crippen LogP contribution in [0.4, 0.5) is 5.13 Å². The van der Waals surface area contributed by atoms with Crippen molar-refractivity contribution in [2.45, 2.75) is 20.4 Å². The fourth-order valence-electron chi connectivity index (χ4n) is 3.58. The van der Waals surface area contributed by atoms with Crippen molar-refractivity contribution in [1.82, 2.24) is 4.98 Å². The van der Waals surface area contributed by atoms with Crippen molar-refractivity contribution >= 4 is 43.6 Å². The first-order valence-electron chi connectivity index (χ1n) is 9.81. The van der Waals surface area contributed by atoms with Crippen molar-refractivity contribution in [2.24, 2.45) is 0 Å². The SMILES string of the molecule is Cc1ccc(C)c2sc(N(Cc3ccccc3)C(=O)c3cc4ccccc4o3)nc12. The second-order valence-corrected chi connectivity index (χ2v) is 8.38. The van der Waals surface area contributed by atoms with Gasteiger partial charge in [-0.15, -0.1) is 0 Å². The molecule has 148 valence electrons.